The number of aromatic nitrogens is 1. The summed E-state index contributed by atoms with van der Waals surface area (Å²) in [5.74, 6) is -0.957. The maximum Gasteiger partial charge on any atom is 0.337 e. The standard InChI is InChI=1S/C20H16ClN3O3/c1-27-20(26)13-7-9-16(21)18(11-13)24-19(25)17-10-8-15(12-22-17)23-14-5-3-2-4-6-14/h2-12,23H,1H3,(H,24,25). The number of carbonyl (C=O) groups excluding carboxylic acids is 2. The third-order valence-corrected chi connectivity index (χ3v) is 4.02. The van der Waals surface area contributed by atoms with E-state index in [2.05, 4.69) is 20.4 Å². The molecule has 0 atom stereocenters. The summed E-state index contributed by atoms with van der Waals surface area (Å²) in [6, 6.07) is 17.5. The number of para-hydroxylation sites is 1. The summed E-state index contributed by atoms with van der Waals surface area (Å²) in [5.41, 5.74) is 2.48. The molecule has 1 aromatic heterocycles. The Balaban J connectivity index is 1.72. The lowest BCUT2D eigenvalue weighted by atomic mass is 10.2. The predicted octanol–water partition coefficient (Wildman–Crippen LogP) is 4.52. The fourth-order valence-corrected chi connectivity index (χ4v) is 2.51. The van der Waals surface area contributed by atoms with Gasteiger partial charge in [0.05, 0.1) is 35.3 Å². The van der Waals surface area contributed by atoms with E-state index in [1.165, 1.54) is 25.3 Å². The highest BCUT2D eigenvalue weighted by Crippen LogP contribution is 2.24. The minimum atomic E-state index is -0.517. The van der Waals surface area contributed by atoms with Crippen molar-refractivity contribution < 1.29 is 14.3 Å². The molecule has 0 saturated carbocycles. The predicted molar refractivity (Wildman–Crippen MR) is 105 cm³/mol. The van der Waals surface area contributed by atoms with E-state index < -0.39 is 11.9 Å². The van der Waals surface area contributed by atoms with E-state index in [0.717, 1.165) is 11.4 Å². The van der Waals surface area contributed by atoms with Crippen LogP contribution in [0.4, 0.5) is 17.1 Å². The van der Waals surface area contributed by atoms with Crippen molar-refractivity contribution in [1.82, 2.24) is 4.98 Å². The molecule has 1 amide bonds. The van der Waals surface area contributed by atoms with E-state index >= 15 is 0 Å². The number of benzene rings is 2. The molecule has 0 saturated heterocycles. The normalized spacial score (nSPS) is 10.1. The number of nitrogens with one attached hydrogen (secondary N) is 2. The van der Waals surface area contributed by atoms with Crippen molar-refractivity contribution in [2.75, 3.05) is 17.7 Å². The first-order valence-corrected chi connectivity index (χ1v) is 8.42. The van der Waals surface area contributed by atoms with Crippen molar-refractivity contribution in [1.29, 1.82) is 0 Å². The minimum Gasteiger partial charge on any atom is -0.465 e. The summed E-state index contributed by atoms with van der Waals surface area (Å²) in [7, 11) is 1.28. The van der Waals surface area contributed by atoms with Gasteiger partial charge in [0, 0.05) is 5.69 Å². The molecule has 0 bridgehead atoms. The van der Waals surface area contributed by atoms with Crippen molar-refractivity contribution in [3.63, 3.8) is 0 Å². The smallest absolute Gasteiger partial charge is 0.337 e. The van der Waals surface area contributed by atoms with Crippen LogP contribution >= 0.6 is 11.6 Å². The average Bonchev–Trinajstić information content (AvgIpc) is 2.70. The molecular formula is C20H16ClN3O3. The fourth-order valence-electron chi connectivity index (χ4n) is 2.34. The second-order valence-corrected chi connectivity index (χ2v) is 5.97. The zero-order chi connectivity index (χ0) is 19.2. The quantitative estimate of drug-likeness (QED) is 0.635. The van der Waals surface area contributed by atoms with Crippen LogP contribution in [0, 0.1) is 0 Å². The summed E-state index contributed by atoms with van der Waals surface area (Å²) >= 11 is 6.09. The first-order valence-electron chi connectivity index (χ1n) is 8.04. The molecule has 3 rings (SSSR count). The molecule has 136 valence electrons. The van der Waals surface area contributed by atoms with Gasteiger partial charge in [0.2, 0.25) is 0 Å². The number of nitrogens with zero attached hydrogens (tertiary/aromatic N) is 1. The van der Waals surface area contributed by atoms with E-state index in [9.17, 15) is 9.59 Å². The molecule has 0 spiro atoms. The van der Waals surface area contributed by atoms with Crippen LogP contribution in [0.3, 0.4) is 0 Å². The lowest BCUT2D eigenvalue weighted by Gasteiger charge is -2.09. The van der Waals surface area contributed by atoms with E-state index in [0.29, 0.717) is 10.7 Å². The Kier molecular flexibility index (Phi) is 5.68. The van der Waals surface area contributed by atoms with Crippen LogP contribution in [-0.2, 0) is 4.74 Å². The molecular weight excluding hydrogens is 366 g/mol. The van der Waals surface area contributed by atoms with Crippen LogP contribution in [0.25, 0.3) is 0 Å². The molecule has 2 N–H and O–H groups in total. The highest BCUT2D eigenvalue weighted by molar-refractivity contribution is 6.34. The number of carbonyl (C=O) groups is 2. The third kappa shape index (κ3) is 4.62. The van der Waals surface area contributed by atoms with Crippen LogP contribution < -0.4 is 10.6 Å². The van der Waals surface area contributed by atoms with Crippen LogP contribution in [0.5, 0.6) is 0 Å². The highest BCUT2D eigenvalue weighted by atomic mass is 35.5. The third-order valence-electron chi connectivity index (χ3n) is 3.69. The van der Waals surface area contributed by atoms with E-state index in [1.807, 2.05) is 30.3 Å². The summed E-state index contributed by atoms with van der Waals surface area (Å²) < 4.78 is 4.67. The number of hydrogen-bond acceptors (Lipinski definition) is 5. The molecule has 0 aliphatic rings. The number of methoxy groups -OCH3 is 1. The molecule has 3 aromatic rings. The Morgan fingerprint density at radius 1 is 1.00 bits per heavy atom. The summed E-state index contributed by atoms with van der Waals surface area (Å²) in [6.07, 6.45) is 1.56. The monoisotopic (exact) mass is 381 g/mol. The zero-order valence-corrected chi connectivity index (χ0v) is 15.2. The van der Waals surface area contributed by atoms with Gasteiger partial charge in [-0.2, -0.15) is 0 Å². The number of rotatable bonds is 5. The van der Waals surface area contributed by atoms with E-state index in [-0.39, 0.29) is 11.3 Å². The van der Waals surface area contributed by atoms with E-state index in [4.69, 9.17) is 11.6 Å². The molecule has 0 aliphatic heterocycles. The van der Waals surface area contributed by atoms with E-state index in [1.54, 1.807) is 18.3 Å². The van der Waals surface area contributed by atoms with Crippen molar-refractivity contribution in [2.45, 2.75) is 0 Å². The Morgan fingerprint density at radius 2 is 1.78 bits per heavy atom. The van der Waals surface area contributed by atoms with Gasteiger partial charge >= 0.3 is 5.97 Å². The van der Waals surface area contributed by atoms with Crippen LogP contribution in [-0.4, -0.2) is 24.0 Å². The Labute approximate surface area is 161 Å². The average molecular weight is 382 g/mol. The molecule has 0 fully saturated rings. The lowest BCUT2D eigenvalue weighted by Crippen LogP contribution is -2.14. The number of anilines is 3. The summed E-state index contributed by atoms with van der Waals surface area (Å²) in [4.78, 5) is 28.2. The number of esters is 1. The number of halogens is 1. The Hall–Kier alpha value is -3.38. The van der Waals surface area contributed by atoms with Crippen LogP contribution in [0.1, 0.15) is 20.8 Å². The van der Waals surface area contributed by atoms with Crippen LogP contribution in [0.15, 0.2) is 66.9 Å². The van der Waals surface area contributed by atoms with Gasteiger partial charge in [0.1, 0.15) is 5.69 Å². The van der Waals surface area contributed by atoms with Gasteiger partial charge in [-0.1, -0.05) is 29.8 Å². The first kappa shape index (κ1) is 18.4. The molecule has 2 aromatic carbocycles. The van der Waals surface area contributed by atoms with Gasteiger partial charge in [-0.3, -0.25) is 4.79 Å². The fraction of sp³-hybridized carbons (Fsp3) is 0.0500. The van der Waals surface area contributed by atoms with Crippen molar-refractivity contribution in [3.8, 4) is 0 Å². The van der Waals surface area contributed by atoms with Crippen molar-refractivity contribution >= 4 is 40.5 Å². The van der Waals surface area contributed by atoms with Gasteiger partial charge in [-0.05, 0) is 42.5 Å². The molecule has 0 aliphatic carbocycles. The molecule has 27 heavy (non-hydrogen) atoms. The molecule has 0 radical (unpaired) electrons. The second-order valence-electron chi connectivity index (χ2n) is 5.56. The number of hydrogen-bond donors (Lipinski definition) is 2. The van der Waals surface area contributed by atoms with Gasteiger partial charge in [-0.25, -0.2) is 9.78 Å². The second kappa shape index (κ2) is 8.33. The largest absolute Gasteiger partial charge is 0.465 e. The van der Waals surface area contributed by atoms with Crippen molar-refractivity contribution in [2.24, 2.45) is 0 Å². The maximum atomic E-state index is 12.4. The van der Waals surface area contributed by atoms with Gasteiger partial charge < -0.3 is 15.4 Å². The SMILES string of the molecule is COC(=O)c1ccc(Cl)c(NC(=O)c2ccc(Nc3ccccc3)cn2)c1. The molecule has 1 heterocycles. The summed E-state index contributed by atoms with van der Waals surface area (Å²) in [5, 5.41) is 6.15. The number of pyridine rings is 1. The van der Waals surface area contributed by atoms with Crippen LogP contribution in [0.2, 0.25) is 5.02 Å². The molecule has 7 heteroatoms. The topological polar surface area (TPSA) is 80.3 Å². The Morgan fingerprint density at radius 3 is 2.44 bits per heavy atom. The highest BCUT2D eigenvalue weighted by Gasteiger charge is 2.13. The summed E-state index contributed by atoms with van der Waals surface area (Å²) in [6.45, 7) is 0. The van der Waals surface area contributed by atoms with Gasteiger partial charge in [0.25, 0.3) is 5.91 Å². The first-order chi connectivity index (χ1) is 13.1. The zero-order valence-electron chi connectivity index (χ0n) is 14.4. The molecule has 6 nitrogen and oxygen atoms in total. The number of amides is 1. The Bertz CT molecular complexity index is 960. The van der Waals surface area contributed by atoms with Gasteiger partial charge in [0.15, 0.2) is 0 Å². The lowest BCUT2D eigenvalue weighted by molar-refractivity contribution is 0.0600. The maximum absolute atomic E-state index is 12.4. The molecule has 0 unspecified atom stereocenters. The van der Waals surface area contributed by atoms with Gasteiger partial charge in [-0.15, -0.1) is 0 Å². The van der Waals surface area contributed by atoms with Crippen molar-refractivity contribution in [3.05, 3.63) is 83.1 Å². The minimum absolute atomic E-state index is 0.216. The number of ether oxygens (including phenoxy) is 1.